The second kappa shape index (κ2) is 10.9. The molecule has 5 nitrogen and oxygen atoms in total. The van der Waals surface area contributed by atoms with Crippen LogP contribution >= 0.6 is 0 Å². The molecule has 10 rings (SSSR count). The first-order valence-electron chi connectivity index (χ1n) is 16.3. The summed E-state index contributed by atoms with van der Waals surface area (Å²) in [6, 6.07) is 52.2. The Kier molecular flexibility index (Phi) is 6.11. The molecule has 0 radical (unpaired) electrons. The lowest BCUT2D eigenvalue weighted by molar-refractivity contribution is 0.669. The van der Waals surface area contributed by atoms with Gasteiger partial charge in [-0.15, -0.1) is 0 Å². The van der Waals surface area contributed by atoms with Crippen LogP contribution in [0.2, 0.25) is 0 Å². The van der Waals surface area contributed by atoms with Crippen molar-refractivity contribution in [3.8, 4) is 45.3 Å². The summed E-state index contributed by atoms with van der Waals surface area (Å²) < 4.78 is 6.63. The lowest BCUT2D eigenvalue weighted by atomic mass is 9.97. The van der Waals surface area contributed by atoms with E-state index in [1.807, 2.05) is 72.9 Å². The SMILES string of the molecule is c1ccc(-c2nc(-c3ccc4ccccc4c3)nc(-c3cccc4oc5c(-c6ccc7c(ccc8ccccc87)c6)ccnc5c34)n2)cc1. The fraction of sp³-hybridized carbons (Fsp3) is 0. The van der Waals surface area contributed by atoms with Gasteiger partial charge in [-0.05, 0) is 62.1 Å². The third kappa shape index (κ3) is 4.55. The Morgan fingerprint density at radius 3 is 1.98 bits per heavy atom. The van der Waals surface area contributed by atoms with Gasteiger partial charge in [-0.25, -0.2) is 15.0 Å². The smallest absolute Gasteiger partial charge is 0.164 e. The molecule has 0 saturated carbocycles. The average Bonchev–Trinajstić information content (AvgIpc) is 3.57. The third-order valence-electron chi connectivity index (χ3n) is 9.35. The summed E-state index contributed by atoms with van der Waals surface area (Å²) >= 11 is 0. The van der Waals surface area contributed by atoms with Gasteiger partial charge in [0.2, 0.25) is 0 Å². The van der Waals surface area contributed by atoms with Crippen LogP contribution in [-0.2, 0) is 0 Å². The van der Waals surface area contributed by atoms with E-state index in [0.717, 1.165) is 55.3 Å². The number of furan rings is 1. The van der Waals surface area contributed by atoms with Gasteiger partial charge in [-0.2, -0.15) is 0 Å². The predicted octanol–water partition coefficient (Wildman–Crippen LogP) is 11.3. The van der Waals surface area contributed by atoms with Gasteiger partial charge in [-0.3, -0.25) is 4.98 Å². The number of rotatable bonds is 4. The molecule has 228 valence electrons. The monoisotopic (exact) mass is 626 g/mol. The second-order valence-corrected chi connectivity index (χ2v) is 12.3. The standard InChI is InChI=1S/C44H26N4O/c1-2-11-29(12-3-1)42-46-43(33-20-17-27-9-4-5-13-30(27)25-33)48-44(47-42)37-15-8-16-38-39(37)40-41(49-38)36(23-24-45-40)32-21-22-35-31(26-32)19-18-28-10-6-7-14-34(28)35/h1-26H. The molecule has 0 aliphatic rings. The Labute approximate surface area is 281 Å². The van der Waals surface area contributed by atoms with Crippen molar-refractivity contribution in [2.24, 2.45) is 0 Å². The van der Waals surface area contributed by atoms with Gasteiger partial charge in [0.25, 0.3) is 0 Å². The van der Waals surface area contributed by atoms with Crippen molar-refractivity contribution in [2.45, 2.75) is 0 Å². The van der Waals surface area contributed by atoms with Crippen molar-refractivity contribution in [2.75, 3.05) is 0 Å². The van der Waals surface area contributed by atoms with Crippen LogP contribution in [0.1, 0.15) is 0 Å². The average molecular weight is 627 g/mol. The molecule has 0 amide bonds. The van der Waals surface area contributed by atoms with Crippen molar-refractivity contribution in [3.63, 3.8) is 0 Å². The quantitative estimate of drug-likeness (QED) is 0.182. The maximum absolute atomic E-state index is 6.63. The zero-order valence-corrected chi connectivity index (χ0v) is 26.2. The van der Waals surface area contributed by atoms with Gasteiger partial charge < -0.3 is 4.42 Å². The molecule has 5 heteroatoms. The summed E-state index contributed by atoms with van der Waals surface area (Å²) in [5.74, 6) is 1.78. The predicted molar refractivity (Wildman–Crippen MR) is 199 cm³/mol. The number of aromatic nitrogens is 4. The molecular formula is C44H26N4O. The van der Waals surface area contributed by atoms with Gasteiger partial charge in [0, 0.05) is 28.5 Å². The summed E-state index contributed by atoms with van der Waals surface area (Å²) in [6.45, 7) is 0. The van der Waals surface area contributed by atoms with Crippen molar-refractivity contribution >= 4 is 54.4 Å². The molecule has 7 aromatic carbocycles. The molecule has 0 atom stereocenters. The number of fused-ring (bicyclic) bond motifs is 7. The summed E-state index contributed by atoms with van der Waals surface area (Å²) in [6.07, 6.45) is 1.86. The molecule has 49 heavy (non-hydrogen) atoms. The van der Waals surface area contributed by atoms with Gasteiger partial charge in [0.1, 0.15) is 11.1 Å². The number of pyridine rings is 1. The van der Waals surface area contributed by atoms with Crippen LogP contribution in [-0.4, -0.2) is 19.9 Å². The van der Waals surface area contributed by atoms with E-state index in [4.69, 9.17) is 24.4 Å². The van der Waals surface area contributed by atoms with Crippen molar-refractivity contribution in [1.82, 2.24) is 19.9 Å². The van der Waals surface area contributed by atoms with Gasteiger partial charge in [-0.1, -0.05) is 127 Å². The van der Waals surface area contributed by atoms with E-state index in [1.165, 1.54) is 26.9 Å². The highest BCUT2D eigenvalue weighted by Gasteiger charge is 2.20. The Morgan fingerprint density at radius 2 is 1.08 bits per heavy atom. The minimum Gasteiger partial charge on any atom is -0.454 e. The van der Waals surface area contributed by atoms with E-state index in [9.17, 15) is 0 Å². The molecule has 0 spiro atoms. The Bertz CT molecular complexity index is 2890. The highest BCUT2D eigenvalue weighted by atomic mass is 16.3. The topological polar surface area (TPSA) is 64.7 Å². The van der Waals surface area contributed by atoms with Crippen LogP contribution in [0.4, 0.5) is 0 Å². The highest BCUT2D eigenvalue weighted by Crippen LogP contribution is 2.40. The minimum atomic E-state index is 0.565. The second-order valence-electron chi connectivity index (χ2n) is 12.3. The van der Waals surface area contributed by atoms with Crippen LogP contribution in [0.3, 0.4) is 0 Å². The summed E-state index contributed by atoms with van der Waals surface area (Å²) in [5, 5.41) is 8.06. The van der Waals surface area contributed by atoms with E-state index in [1.54, 1.807) is 0 Å². The molecule has 0 aliphatic heterocycles. The molecule has 3 aromatic heterocycles. The molecule has 0 N–H and O–H groups in total. The fourth-order valence-corrected chi connectivity index (χ4v) is 6.96. The van der Waals surface area contributed by atoms with Gasteiger partial charge in [0.05, 0.1) is 5.39 Å². The van der Waals surface area contributed by atoms with Crippen molar-refractivity contribution in [1.29, 1.82) is 0 Å². The molecule has 0 aliphatic carbocycles. The molecule has 10 aromatic rings. The maximum Gasteiger partial charge on any atom is 0.164 e. The van der Waals surface area contributed by atoms with E-state index >= 15 is 0 Å². The largest absolute Gasteiger partial charge is 0.454 e. The van der Waals surface area contributed by atoms with Crippen LogP contribution < -0.4 is 0 Å². The normalized spacial score (nSPS) is 11.7. The zero-order chi connectivity index (χ0) is 32.3. The molecular weight excluding hydrogens is 601 g/mol. The molecule has 0 fully saturated rings. The summed E-state index contributed by atoms with van der Waals surface area (Å²) in [7, 11) is 0. The number of hydrogen-bond donors (Lipinski definition) is 0. The first kappa shape index (κ1) is 27.4. The first-order valence-corrected chi connectivity index (χ1v) is 16.3. The van der Waals surface area contributed by atoms with E-state index < -0.39 is 0 Å². The highest BCUT2D eigenvalue weighted by molar-refractivity contribution is 6.14. The van der Waals surface area contributed by atoms with Crippen molar-refractivity contribution < 1.29 is 4.42 Å². The molecule has 0 saturated heterocycles. The Hall–Kier alpha value is -6.72. The van der Waals surface area contributed by atoms with Crippen molar-refractivity contribution in [3.05, 3.63) is 158 Å². The van der Waals surface area contributed by atoms with E-state index in [-0.39, 0.29) is 0 Å². The fourth-order valence-electron chi connectivity index (χ4n) is 6.96. The molecule has 0 unspecified atom stereocenters. The maximum atomic E-state index is 6.63. The molecule has 0 bridgehead atoms. The lowest BCUT2D eigenvalue weighted by Gasteiger charge is -2.10. The van der Waals surface area contributed by atoms with Crippen LogP contribution in [0.15, 0.2) is 162 Å². The number of benzene rings is 7. The molecule has 3 heterocycles. The van der Waals surface area contributed by atoms with Crippen LogP contribution in [0, 0.1) is 0 Å². The number of nitrogens with zero attached hydrogens (tertiary/aromatic N) is 4. The van der Waals surface area contributed by atoms with Gasteiger partial charge in [0.15, 0.2) is 23.1 Å². The minimum absolute atomic E-state index is 0.565. The van der Waals surface area contributed by atoms with Gasteiger partial charge >= 0.3 is 0 Å². The van der Waals surface area contributed by atoms with E-state index in [2.05, 4.69) is 84.9 Å². The van der Waals surface area contributed by atoms with Crippen LogP contribution in [0.5, 0.6) is 0 Å². The van der Waals surface area contributed by atoms with E-state index in [0.29, 0.717) is 17.5 Å². The first-order chi connectivity index (χ1) is 24.3. The van der Waals surface area contributed by atoms with Crippen LogP contribution in [0.25, 0.3) is 99.7 Å². The zero-order valence-electron chi connectivity index (χ0n) is 26.2. The summed E-state index contributed by atoms with van der Waals surface area (Å²) in [5.41, 5.74) is 6.98. The Morgan fingerprint density at radius 1 is 0.408 bits per heavy atom. The number of hydrogen-bond acceptors (Lipinski definition) is 5. The Balaban J connectivity index is 1.17. The lowest BCUT2D eigenvalue weighted by Crippen LogP contribution is -2.00. The third-order valence-corrected chi connectivity index (χ3v) is 9.35. The summed E-state index contributed by atoms with van der Waals surface area (Å²) in [4.78, 5) is 20.0.